The molecule has 0 radical (unpaired) electrons. The molecule has 0 amide bonds. The van der Waals surface area contributed by atoms with E-state index in [2.05, 4.69) is 0 Å². The molecule has 27 heavy (non-hydrogen) atoms. The maximum Gasteiger partial charge on any atom is 0.417 e. The van der Waals surface area contributed by atoms with Gasteiger partial charge in [-0.25, -0.2) is 0 Å². The average molecular weight is 384 g/mol. The molecule has 0 bridgehead atoms. The van der Waals surface area contributed by atoms with Crippen LogP contribution in [0.1, 0.15) is 23.1 Å². The summed E-state index contributed by atoms with van der Waals surface area (Å²) in [6.45, 7) is 0. The Hall–Kier alpha value is -2.77. The summed E-state index contributed by atoms with van der Waals surface area (Å²) in [6, 6.07) is 5.72. The number of benzene rings is 2. The van der Waals surface area contributed by atoms with E-state index in [4.69, 9.17) is 4.42 Å². The monoisotopic (exact) mass is 384 g/mol. The van der Waals surface area contributed by atoms with Crippen LogP contribution in [0.4, 0.5) is 26.3 Å². The van der Waals surface area contributed by atoms with Gasteiger partial charge in [0.2, 0.25) is 5.43 Å². The van der Waals surface area contributed by atoms with E-state index in [1.54, 1.807) is 0 Å². The molecule has 140 valence electrons. The summed E-state index contributed by atoms with van der Waals surface area (Å²) in [5.41, 5.74) is -4.01. The van der Waals surface area contributed by atoms with Gasteiger partial charge in [-0.3, -0.25) is 4.79 Å². The largest absolute Gasteiger partial charge is 0.456 e. The lowest BCUT2D eigenvalue weighted by atomic mass is 9.87. The molecule has 0 spiro atoms. The van der Waals surface area contributed by atoms with E-state index in [9.17, 15) is 31.1 Å². The van der Waals surface area contributed by atoms with Gasteiger partial charge in [0.1, 0.15) is 11.2 Å². The molecule has 4 rings (SSSR count). The molecular weight excluding hydrogens is 374 g/mol. The molecule has 0 saturated heterocycles. The minimum Gasteiger partial charge on any atom is -0.456 e. The fraction of sp³-hybridized carbons (Fsp3) is 0.211. The number of alkyl halides is 6. The highest BCUT2D eigenvalue weighted by Crippen LogP contribution is 2.42. The third-order valence-corrected chi connectivity index (χ3v) is 4.60. The molecule has 3 aromatic rings. The Morgan fingerprint density at radius 3 is 2.22 bits per heavy atom. The second-order valence-corrected chi connectivity index (χ2v) is 6.23. The first-order chi connectivity index (χ1) is 12.6. The smallest absolute Gasteiger partial charge is 0.417 e. The average Bonchev–Trinajstić information content (AvgIpc) is 2.58. The minimum absolute atomic E-state index is 0.125. The molecule has 1 heterocycles. The van der Waals surface area contributed by atoms with Gasteiger partial charge in [-0.1, -0.05) is 18.2 Å². The Kier molecular flexibility index (Phi) is 3.66. The highest BCUT2D eigenvalue weighted by Gasteiger charge is 2.39. The van der Waals surface area contributed by atoms with Crippen LogP contribution in [0.2, 0.25) is 0 Å². The van der Waals surface area contributed by atoms with Gasteiger partial charge in [0.15, 0.2) is 0 Å². The van der Waals surface area contributed by atoms with Crippen LogP contribution < -0.4 is 5.43 Å². The van der Waals surface area contributed by atoms with Crippen LogP contribution in [-0.2, 0) is 12.6 Å². The summed E-state index contributed by atoms with van der Waals surface area (Å²) in [4.78, 5) is 12.9. The molecule has 0 atom stereocenters. The molecule has 1 aliphatic rings. The summed E-state index contributed by atoms with van der Waals surface area (Å²) < 4.78 is 85.8. The lowest BCUT2D eigenvalue weighted by molar-refractivity contribution is -0.136. The van der Waals surface area contributed by atoms with Crippen molar-refractivity contribution in [1.82, 2.24) is 0 Å². The minimum atomic E-state index is -4.85. The van der Waals surface area contributed by atoms with Crippen molar-refractivity contribution in [1.29, 1.82) is 0 Å². The number of hydrogen-bond donors (Lipinski definition) is 0. The third kappa shape index (κ3) is 2.70. The zero-order chi connectivity index (χ0) is 19.6. The standard InChI is InChI=1S/C19H10F6O2/c20-18(21,22)10-4-1-3-9-7-8-13-16(14(9)10)17(26)15-11(19(23,24)25)5-2-6-12(15)27-13/h2,4-8H,1,3H2. The lowest BCUT2D eigenvalue weighted by Crippen LogP contribution is -2.19. The molecular formula is C19H10F6O2. The van der Waals surface area contributed by atoms with Crippen LogP contribution in [0.3, 0.4) is 0 Å². The molecule has 8 heteroatoms. The van der Waals surface area contributed by atoms with Crippen LogP contribution in [-0.4, -0.2) is 6.18 Å². The van der Waals surface area contributed by atoms with Gasteiger partial charge >= 0.3 is 12.4 Å². The zero-order valence-electron chi connectivity index (χ0n) is 13.5. The predicted molar refractivity (Wildman–Crippen MR) is 87.3 cm³/mol. The van der Waals surface area contributed by atoms with Crippen molar-refractivity contribution in [3.05, 3.63) is 63.3 Å². The molecule has 2 nitrogen and oxygen atoms in total. The van der Waals surface area contributed by atoms with Crippen LogP contribution in [0.15, 0.2) is 45.6 Å². The van der Waals surface area contributed by atoms with Crippen LogP contribution in [0, 0.1) is 0 Å². The number of hydrogen-bond acceptors (Lipinski definition) is 2. The van der Waals surface area contributed by atoms with Gasteiger partial charge in [-0.2, -0.15) is 26.3 Å². The number of allylic oxidation sites excluding steroid dienone is 2. The van der Waals surface area contributed by atoms with Crippen LogP contribution >= 0.6 is 0 Å². The second-order valence-electron chi connectivity index (χ2n) is 6.23. The van der Waals surface area contributed by atoms with E-state index in [0.29, 0.717) is 6.07 Å². The Balaban J connectivity index is 2.21. The first kappa shape index (κ1) is 17.6. The summed E-state index contributed by atoms with van der Waals surface area (Å²) in [6.07, 6.45) is -8.25. The predicted octanol–water partition coefficient (Wildman–Crippen LogP) is 5.86. The third-order valence-electron chi connectivity index (χ3n) is 4.60. The molecule has 1 aliphatic carbocycles. The van der Waals surface area contributed by atoms with E-state index >= 15 is 0 Å². The maximum atomic E-state index is 13.5. The second kappa shape index (κ2) is 5.61. The van der Waals surface area contributed by atoms with Gasteiger partial charge in [-0.05, 0) is 36.6 Å². The van der Waals surface area contributed by atoms with Gasteiger partial charge in [-0.15, -0.1) is 0 Å². The topological polar surface area (TPSA) is 30.2 Å². The number of aryl methyl sites for hydroxylation is 1. The summed E-state index contributed by atoms with van der Waals surface area (Å²) in [5, 5.41) is -1.24. The van der Waals surface area contributed by atoms with Crippen molar-refractivity contribution in [3.8, 4) is 0 Å². The van der Waals surface area contributed by atoms with E-state index in [-0.39, 0.29) is 35.1 Å². The Morgan fingerprint density at radius 1 is 0.852 bits per heavy atom. The van der Waals surface area contributed by atoms with Crippen LogP contribution in [0.25, 0.3) is 27.5 Å². The van der Waals surface area contributed by atoms with Crippen molar-refractivity contribution in [2.75, 3.05) is 0 Å². The van der Waals surface area contributed by atoms with Crippen molar-refractivity contribution >= 4 is 27.5 Å². The van der Waals surface area contributed by atoms with Crippen molar-refractivity contribution in [2.24, 2.45) is 0 Å². The van der Waals surface area contributed by atoms with Crippen LogP contribution in [0.5, 0.6) is 0 Å². The van der Waals surface area contributed by atoms with E-state index < -0.39 is 39.7 Å². The van der Waals surface area contributed by atoms with E-state index in [1.807, 2.05) is 0 Å². The normalized spacial score (nSPS) is 15.1. The number of fused-ring (bicyclic) bond motifs is 4. The summed E-state index contributed by atoms with van der Waals surface area (Å²) >= 11 is 0. The molecule has 0 saturated carbocycles. The van der Waals surface area contributed by atoms with Gasteiger partial charge in [0.25, 0.3) is 0 Å². The summed E-state index contributed by atoms with van der Waals surface area (Å²) in [7, 11) is 0. The number of rotatable bonds is 0. The van der Waals surface area contributed by atoms with Crippen molar-refractivity contribution in [2.45, 2.75) is 25.2 Å². The summed E-state index contributed by atoms with van der Waals surface area (Å²) in [5.74, 6) is 0. The molecule has 0 aliphatic heterocycles. The SMILES string of the molecule is O=c1c2c(C(F)(F)F)cccc2oc2ccc3c(c12)C(C(F)(F)F)=CCC3. The first-order valence-electron chi connectivity index (χ1n) is 7.95. The van der Waals surface area contributed by atoms with E-state index in [0.717, 1.165) is 12.1 Å². The molecule has 0 fully saturated rings. The fourth-order valence-corrected chi connectivity index (χ4v) is 3.51. The van der Waals surface area contributed by atoms with Gasteiger partial charge in [0, 0.05) is 5.56 Å². The molecule has 2 aromatic carbocycles. The lowest BCUT2D eigenvalue weighted by Gasteiger charge is -2.21. The van der Waals surface area contributed by atoms with Crippen molar-refractivity contribution in [3.63, 3.8) is 0 Å². The Labute approximate surface area is 147 Å². The first-order valence-corrected chi connectivity index (χ1v) is 7.95. The highest BCUT2D eigenvalue weighted by atomic mass is 19.4. The highest BCUT2D eigenvalue weighted by molar-refractivity contribution is 5.99. The van der Waals surface area contributed by atoms with Gasteiger partial charge < -0.3 is 4.42 Å². The maximum absolute atomic E-state index is 13.5. The zero-order valence-corrected chi connectivity index (χ0v) is 13.5. The van der Waals surface area contributed by atoms with E-state index in [1.165, 1.54) is 18.2 Å². The van der Waals surface area contributed by atoms with Gasteiger partial charge in [0.05, 0.1) is 21.9 Å². The Morgan fingerprint density at radius 2 is 1.56 bits per heavy atom. The Bertz CT molecular complexity index is 1170. The molecule has 1 aromatic heterocycles. The fourth-order valence-electron chi connectivity index (χ4n) is 3.51. The quantitative estimate of drug-likeness (QED) is 0.359. The van der Waals surface area contributed by atoms with Crippen molar-refractivity contribution < 1.29 is 30.8 Å². The molecule has 0 unspecified atom stereocenters. The molecule has 0 N–H and O–H groups in total. The number of halogens is 6.